The average molecular weight is 236 g/mol. The van der Waals surface area contributed by atoms with Gasteiger partial charge in [0.1, 0.15) is 0 Å². The van der Waals surface area contributed by atoms with Gasteiger partial charge in [-0.1, -0.05) is 12.8 Å². The molecule has 2 nitrogen and oxygen atoms in total. The van der Waals surface area contributed by atoms with Gasteiger partial charge in [-0.25, -0.2) is 4.98 Å². The highest BCUT2D eigenvalue weighted by atomic mass is 32.1. The number of aromatic nitrogens is 1. The second-order valence-corrected chi connectivity index (χ2v) is 6.79. The van der Waals surface area contributed by atoms with Crippen LogP contribution >= 0.6 is 11.3 Å². The summed E-state index contributed by atoms with van der Waals surface area (Å²) in [6, 6.07) is 0. The number of aryl methyl sites for hydroxylation is 1. The van der Waals surface area contributed by atoms with Crippen LogP contribution in [0.3, 0.4) is 0 Å². The zero-order valence-corrected chi connectivity index (χ0v) is 10.8. The number of hydrogen-bond acceptors (Lipinski definition) is 3. The molecule has 1 aliphatic heterocycles. The number of nitrogens with one attached hydrogen (secondary N) is 1. The fourth-order valence-corrected chi connectivity index (χ4v) is 4.33. The highest BCUT2D eigenvalue weighted by molar-refractivity contribution is 7.11. The molecule has 0 bridgehead atoms. The van der Waals surface area contributed by atoms with Crippen LogP contribution in [-0.2, 0) is 6.42 Å². The van der Waals surface area contributed by atoms with Gasteiger partial charge in [0.25, 0.3) is 0 Å². The van der Waals surface area contributed by atoms with Gasteiger partial charge < -0.3 is 5.32 Å². The Kier molecular flexibility index (Phi) is 2.76. The minimum atomic E-state index is 0.579. The van der Waals surface area contributed by atoms with Crippen LogP contribution in [0, 0.1) is 18.3 Å². The Labute approximate surface area is 101 Å². The zero-order chi connectivity index (χ0) is 11.0. The van der Waals surface area contributed by atoms with E-state index in [1.165, 1.54) is 55.1 Å². The first kappa shape index (κ1) is 10.7. The Morgan fingerprint density at radius 2 is 2.19 bits per heavy atom. The van der Waals surface area contributed by atoms with Crippen molar-refractivity contribution in [3.63, 3.8) is 0 Å². The van der Waals surface area contributed by atoms with Crippen molar-refractivity contribution in [2.24, 2.45) is 11.3 Å². The van der Waals surface area contributed by atoms with Crippen molar-refractivity contribution in [3.8, 4) is 0 Å². The second-order valence-electron chi connectivity index (χ2n) is 5.47. The molecule has 0 radical (unpaired) electrons. The van der Waals surface area contributed by atoms with Crippen LogP contribution < -0.4 is 5.32 Å². The Hall–Kier alpha value is -0.410. The normalized spacial score (nSPS) is 24.6. The van der Waals surface area contributed by atoms with E-state index in [4.69, 9.17) is 0 Å². The molecule has 1 N–H and O–H groups in total. The fraction of sp³-hybridized carbons (Fsp3) is 0.769. The summed E-state index contributed by atoms with van der Waals surface area (Å²) in [5.74, 6) is 0.969. The Bertz CT molecular complexity index is 362. The third-order valence-electron chi connectivity index (χ3n) is 4.37. The smallest absolute Gasteiger partial charge is 0.0896 e. The van der Waals surface area contributed by atoms with E-state index in [9.17, 15) is 0 Å². The molecule has 0 spiro atoms. The maximum absolute atomic E-state index is 4.38. The van der Waals surface area contributed by atoms with Crippen molar-refractivity contribution in [2.75, 3.05) is 13.1 Å². The van der Waals surface area contributed by atoms with Crippen molar-refractivity contribution >= 4 is 11.3 Å². The molecular weight excluding hydrogens is 216 g/mol. The van der Waals surface area contributed by atoms with Crippen LogP contribution in [0.25, 0.3) is 0 Å². The molecule has 1 saturated carbocycles. The van der Waals surface area contributed by atoms with Gasteiger partial charge in [-0.05, 0) is 32.1 Å². The molecule has 2 aliphatic rings. The van der Waals surface area contributed by atoms with Crippen LogP contribution in [0.15, 0.2) is 6.20 Å². The summed E-state index contributed by atoms with van der Waals surface area (Å²) in [7, 11) is 0. The minimum absolute atomic E-state index is 0.579. The minimum Gasteiger partial charge on any atom is -0.315 e. The van der Waals surface area contributed by atoms with E-state index in [0.717, 1.165) is 5.92 Å². The molecule has 3 heteroatoms. The van der Waals surface area contributed by atoms with Gasteiger partial charge in [-0.3, -0.25) is 0 Å². The summed E-state index contributed by atoms with van der Waals surface area (Å²) in [5.41, 5.74) is 0.579. The average Bonchev–Trinajstić information content (AvgIpc) is 2.82. The second kappa shape index (κ2) is 4.11. The molecule has 1 aliphatic carbocycles. The number of hydrogen-bond donors (Lipinski definition) is 1. The lowest BCUT2D eigenvalue weighted by molar-refractivity contribution is 0.0821. The highest BCUT2D eigenvalue weighted by Gasteiger charge is 2.44. The van der Waals surface area contributed by atoms with Gasteiger partial charge in [-0.2, -0.15) is 0 Å². The summed E-state index contributed by atoms with van der Waals surface area (Å²) in [5, 5.41) is 4.70. The first-order valence-electron chi connectivity index (χ1n) is 6.41. The van der Waals surface area contributed by atoms with Crippen LogP contribution in [0.4, 0.5) is 0 Å². The third kappa shape index (κ3) is 1.80. The molecule has 0 atom stereocenters. The molecule has 0 unspecified atom stereocenters. The topological polar surface area (TPSA) is 24.9 Å². The predicted octanol–water partition coefficient (Wildman–Crippen LogP) is 2.77. The van der Waals surface area contributed by atoms with E-state index in [-0.39, 0.29) is 0 Å². The third-order valence-corrected chi connectivity index (χ3v) is 5.28. The van der Waals surface area contributed by atoms with Crippen molar-refractivity contribution < 1.29 is 0 Å². The standard InChI is InChI=1S/C13H20N2S/c1-10-15-7-12(16-10)6-13(8-14-9-13)11-4-2-3-5-11/h7,11,14H,2-6,8-9H2,1H3. The van der Waals surface area contributed by atoms with Crippen LogP contribution in [-0.4, -0.2) is 18.1 Å². The molecule has 1 aromatic heterocycles. The first-order chi connectivity index (χ1) is 7.78. The van der Waals surface area contributed by atoms with E-state index in [1.807, 2.05) is 11.3 Å². The van der Waals surface area contributed by atoms with E-state index >= 15 is 0 Å². The van der Waals surface area contributed by atoms with Gasteiger partial charge in [0.15, 0.2) is 0 Å². The SMILES string of the molecule is Cc1ncc(CC2(C3CCCC3)CNC2)s1. The van der Waals surface area contributed by atoms with E-state index < -0.39 is 0 Å². The Balaban J connectivity index is 1.74. The molecule has 1 aromatic rings. The molecule has 3 rings (SSSR count). The van der Waals surface area contributed by atoms with Crippen molar-refractivity contribution in [1.82, 2.24) is 10.3 Å². The Morgan fingerprint density at radius 1 is 1.44 bits per heavy atom. The number of nitrogens with zero attached hydrogens (tertiary/aromatic N) is 1. The van der Waals surface area contributed by atoms with Crippen LogP contribution in [0.1, 0.15) is 35.6 Å². The molecule has 2 heterocycles. The highest BCUT2D eigenvalue weighted by Crippen LogP contribution is 2.45. The summed E-state index contributed by atoms with van der Waals surface area (Å²) in [4.78, 5) is 5.88. The van der Waals surface area contributed by atoms with Crippen LogP contribution in [0.5, 0.6) is 0 Å². The first-order valence-corrected chi connectivity index (χ1v) is 7.22. The quantitative estimate of drug-likeness (QED) is 0.873. The molecule has 0 amide bonds. The summed E-state index contributed by atoms with van der Waals surface area (Å²) >= 11 is 1.88. The molecule has 0 aromatic carbocycles. The molecular formula is C13H20N2S. The summed E-state index contributed by atoms with van der Waals surface area (Å²) in [6.45, 7) is 4.57. The van der Waals surface area contributed by atoms with E-state index in [1.54, 1.807) is 0 Å². The van der Waals surface area contributed by atoms with Gasteiger partial charge >= 0.3 is 0 Å². The number of rotatable bonds is 3. The van der Waals surface area contributed by atoms with Gasteiger partial charge in [0, 0.05) is 29.6 Å². The van der Waals surface area contributed by atoms with Crippen molar-refractivity contribution in [3.05, 3.63) is 16.1 Å². The monoisotopic (exact) mass is 236 g/mol. The fourth-order valence-electron chi connectivity index (χ4n) is 3.38. The lowest BCUT2D eigenvalue weighted by Crippen LogP contribution is -2.58. The molecule has 16 heavy (non-hydrogen) atoms. The lowest BCUT2D eigenvalue weighted by Gasteiger charge is -2.47. The molecule has 2 fully saturated rings. The maximum atomic E-state index is 4.38. The van der Waals surface area contributed by atoms with Crippen molar-refractivity contribution in [2.45, 2.75) is 39.0 Å². The van der Waals surface area contributed by atoms with Gasteiger partial charge in [0.2, 0.25) is 0 Å². The van der Waals surface area contributed by atoms with E-state index in [2.05, 4.69) is 23.4 Å². The zero-order valence-electron chi connectivity index (χ0n) is 9.96. The summed E-state index contributed by atoms with van der Waals surface area (Å²) < 4.78 is 0. The van der Waals surface area contributed by atoms with Crippen LogP contribution in [0.2, 0.25) is 0 Å². The summed E-state index contributed by atoms with van der Waals surface area (Å²) in [6.07, 6.45) is 9.17. The van der Waals surface area contributed by atoms with Gasteiger partial charge in [0.05, 0.1) is 5.01 Å². The van der Waals surface area contributed by atoms with Crippen molar-refractivity contribution in [1.29, 1.82) is 0 Å². The Morgan fingerprint density at radius 3 is 2.69 bits per heavy atom. The largest absolute Gasteiger partial charge is 0.315 e. The van der Waals surface area contributed by atoms with E-state index in [0.29, 0.717) is 5.41 Å². The molecule has 1 saturated heterocycles. The van der Waals surface area contributed by atoms with Gasteiger partial charge in [-0.15, -0.1) is 11.3 Å². The maximum Gasteiger partial charge on any atom is 0.0896 e. The predicted molar refractivity (Wildman–Crippen MR) is 67.8 cm³/mol. The number of thiazole rings is 1. The lowest BCUT2D eigenvalue weighted by atomic mass is 9.67. The molecule has 88 valence electrons.